The maximum absolute atomic E-state index is 12.2. The topological polar surface area (TPSA) is 51.2 Å². The van der Waals surface area contributed by atoms with Crippen LogP contribution in [0.15, 0.2) is 52.4 Å². The molecule has 0 saturated heterocycles. The normalized spacial score (nSPS) is 10.7. The fourth-order valence-corrected chi connectivity index (χ4v) is 2.98. The predicted molar refractivity (Wildman–Crippen MR) is 70.8 cm³/mol. The Kier molecular flexibility index (Phi) is 5.56. The van der Waals surface area contributed by atoms with Crippen molar-refractivity contribution < 1.29 is 13.2 Å². The SMILES string of the molecule is C=C=C(CCCCC=O)S(=O)(=O)c1ccccc1. The molecule has 1 rings (SSSR count). The number of sulfone groups is 1. The lowest BCUT2D eigenvalue weighted by Gasteiger charge is -2.06. The first-order chi connectivity index (χ1) is 8.62. The van der Waals surface area contributed by atoms with Crippen molar-refractivity contribution in [2.45, 2.75) is 30.6 Å². The molecular formula is C14H16O3S. The predicted octanol–water partition coefficient (Wildman–Crippen LogP) is 2.89. The maximum Gasteiger partial charge on any atom is 0.209 e. The summed E-state index contributed by atoms with van der Waals surface area (Å²) in [6, 6.07) is 8.23. The highest BCUT2D eigenvalue weighted by Crippen LogP contribution is 2.22. The van der Waals surface area contributed by atoms with Crippen molar-refractivity contribution >= 4 is 16.1 Å². The lowest BCUT2D eigenvalue weighted by atomic mass is 10.2. The molecule has 0 aliphatic rings. The molecule has 0 aromatic heterocycles. The molecule has 1 aromatic rings. The van der Waals surface area contributed by atoms with Gasteiger partial charge in [-0.05, 0) is 31.4 Å². The summed E-state index contributed by atoms with van der Waals surface area (Å²) in [6.07, 6.45) is 2.98. The number of allylic oxidation sites excluding steroid dienone is 1. The van der Waals surface area contributed by atoms with Crippen LogP contribution >= 0.6 is 0 Å². The molecule has 0 fully saturated rings. The molecular weight excluding hydrogens is 248 g/mol. The van der Waals surface area contributed by atoms with Crippen LogP contribution in [0.5, 0.6) is 0 Å². The summed E-state index contributed by atoms with van der Waals surface area (Å²) in [5.74, 6) is 0. The van der Waals surface area contributed by atoms with E-state index < -0.39 is 9.84 Å². The number of rotatable bonds is 7. The summed E-state index contributed by atoms with van der Waals surface area (Å²) < 4.78 is 24.4. The lowest BCUT2D eigenvalue weighted by Crippen LogP contribution is -2.04. The number of carbonyl (C=O) groups excluding carboxylic acids is 1. The summed E-state index contributed by atoms with van der Waals surface area (Å²) in [6.45, 7) is 3.44. The van der Waals surface area contributed by atoms with Gasteiger partial charge in [0.15, 0.2) is 0 Å². The first-order valence-electron chi connectivity index (χ1n) is 5.75. The largest absolute Gasteiger partial charge is 0.303 e. The van der Waals surface area contributed by atoms with E-state index in [1.54, 1.807) is 30.3 Å². The van der Waals surface area contributed by atoms with Gasteiger partial charge in [-0.2, -0.15) is 0 Å². The van der Waals surface area contributed by atoms with Crippen LogP contribution in [-0.4, -0.2) is 14.7 Å². The molecule has 0 aliphatic carbocycles. The zero-order valence-electron chi connectivity index (χ0n) is 10.1. The van der Waals surface area contributed by atoms with Crippen LogP contribution in [-0.2, 0) is 14.6 Å². The van der Waals surface area contributed by atoms with Gasteiger partial charge in [-0.25, -0.2) is 8.42 Å². The lowest BCUT2D eigenvalue weighted by molar-refractivity contribution is -0.107. The van der Waals surface area contributed by atoms with Gasteiger partial charge in [0, 0.05) is 6.42 Å². The smallest absolute Gasteiger partial charge is 0.209 e. The third-order valence-corrected chi connectivity index (χ3v) is 4.44. The van der Waals surface area contributed by atoms with Crippen LogP contribution in [0.3, 0.4) is 0 Å². The van der Waals surface area contributed by atoms with Crippen LogP contribution < -0.4 is 0 Å². The Morgan fingerprint density at radius 1 is 1.22 bits per heavy atom. The number of unbranched alkanes of at least 4 members (excludes halogenated alkanes) is 2. The van der Waals surface area contributed by atoms with Gasteiger partial charge in [-0.1, -0.05) is 24.8 Å². The Bertz CT molecular complexity index is 538. The van der Waals surface area contributed by atoms with E-state index in [0.29, 0.717) is 25.7 Å². The van der Waals surface area contributed by atoms with Gasteiger partial charge in [0.2, 0.25) is 9.84 Å². The molecule has 0 bridgehead atoms. The summed E-state index contributed by atoms with van der Waals surface area (Å²) in [4.78, 5) is 10.6. The monoisotopic (exact) mass is 264 g/mol. The van der Waals surface area contributed by atoms with Crippen molar-refractivity contribution in [2.24, 2.45) is 0 Å². The van der Waals surface area contributed by atoms with Crippen molar-refractivity contribution in [3.05, 3.63) is 47.5 Å². The molecule has 1 aromatic carbocycles. The van der Waals surface area contributed by atoms with E-state index in [4.69, 9.17) is 0 Å². The number of hydrogen-bond acceptors (Lipinski definition) is 3. The van der Waals surface area contributed by atoms with Crippen LogP contribution in [0.4, 0.5) is 0 Å². The minimum atomic E-state index is -3.48. The second-order valence-corrected chi connectivity index (χ2v) is 5.80. The zero-order chi connectivity index (χ0) is 13.4. The molecule has 3 nitrogen and oxygen atoms in total. The zero-order valence-corrected chi connectivity index (χ0v) is 10.9. The Labute approximate surface area is 108 Å². The van der Waals surface area contributed by atoms with E-state index in [-0.39, 0.29) is 9.80 Å². The summed E-state index contributed by atoms with van der Waals surface area (Å²) in [7, 11) is -3.48. The standard InChI is InChI=1S/C14H16O3S/c1-2-13(9-7-4-8-12-15)18(16,17)14-10-5-3-6-11-14/h3,5-6,10-12H,1,4,7-9H2. The maximum atomic E-state index is 12.2. The minimum Gasteiger partial charge on any atom is -0.303 e. The van der Waals surface area contributed by atoms with Crippen LogP contribution in [0.25, 0.3) is 0 Å². The van der Waals surface area contributed by atoms with Crippen LogP contribution in [0.1, 0.15) is 25.7 Å². The van der Waals surface area contributed by atoms with Crippen molar-refractivity contribution in [3.63, 3.8) is 0 Å². The second-order valence-electron chi connectivity index (χ2n) is 3.83. The van der Waals surface area contributed by atoms with Gasteiger partial charge in [-0.15, -0.1) is 5.73 Å². The fourth-order valence-electron chi connectivity index (χ4n) is 1.57. The number of hydrogen-bond donors (Lipinski definition) is 0. The molecule has 0 unspecified atom stereocenters. The van der Waals surface area contributed by atoms with Gasteiger partial charge in [0.1, 0.15) is 6.29 Å². The van der Waals surface area contributed by atoms with E-state index in [0.717, 1.165) is 6.29 Å². The van der Waals surface area contributed by atoms with Crippen molar-refractivity contribution in [1.82, 2.24) is 0 Å². The summed E-state index contributed by atoms with van der Waals surface area (Å²) in [5.41, 5.74) is 2.51. The van der Waals surface area contributed by atoms with E-state index in [9.17, 15) is 13.2 Å². The van der Waals surface area contributed by atoms with Crippen molar-refractivity contribution in [1.29, 1.82) is 0 Å². The van der Waals surface area contributed by atoms with E-state index >= 15 is 0 Å². The average molecular weight is 264 g/mol. The number of benzene rings is 1. The van der Waals surface area contributed by atoms with Gasteiger partial charge < -0.3 is 4.79 Å². The molecule has 0 aliphatic heterocycles. The molecule has 18 heavy (non-hydrogen) atoms. The van der Waals surface area contributed by atoms with Gasteiger partial charge in [0.25, 0.3) is 0 Å². The third-order valence-electron chi connectivity index (χ3n) is 2.55. The Balaban J connectivity index is 2.83. The molecule has 0 atom stereocenters. The molecule has 0 saturated carbocycles. The van der Waals surface area contributed by atoms with E-state index in [1.807, 2.05) is 0 Å². The number of aldehydes is 1. The Hall–Kier alpha value is -1.64. The fraction of sp³-hybridized carbons (Fsp3) is 0.286. The van der Waals surface area contributed by atoms with Gasteiger partial charge in [-0.3, -0.25) is 0 Å². The van der Waals surface area contributed by atoms with Gasteiger partial charge >= 0.3 is 0 Å². The quantitative estimate of drug-likeness (QED) is 0.432. The van der Waals surface area contributed by atoms with Crippen LogP contribution in [0.2, 0.25) is 0 Å². The summed E-state index contributed by atoms with van der Waals surface area (Å²) >= 11 is 0. The summed E-state index contributed by atoms with van der Waals surface area (Å²) in [5, 5.41) is 0. The highest BCUT2D eigenvalue weighted by Gasteiger charge is 2.19. The highest BCUT2D eigenvalue weighted by molar-refractivity contribution is 7.95. The molecule has 0 spiro atoms. The number of carbonyl (C=O) groups is 1. The van der Waals surface area contributed by atoms with Crippen molar-refractivity contribution in [3.8, 4) is 0 Å². The van der Waals surface area contributed by atoms with Crippen molar-refractivity contribution in [2.75, 3.05) is 0 Å². The Morgan fingerprint density at radius 3 is 2.44 bits per heavy atom. The molecule has 0 heterocycles. The average Bonchev–Trinajstić information content (AvgIpc) is 2.39. The first kappa shape index (κ1) is 14.4. The van der Waals surface area contributed by atoms with E-state index in [2.05, 4.69) is 12.3 Å². The first-order valence-corrected chi connectivity index (χ1v) is 7.24. The highest BCUT2D eigenvalue weighted by atomic mass is 32.2. The molecule has 96 valence electrons. The second kappa shape index (κ2) is 6.94. The van der Waals surface area contributed by atoms with Gasteiger partial charge in [0.05, 0.1) is 9.80 Å². The minimum absolute atomic E-state index is 0.194. The Morgan fingerprint density at radius 2 is 1.89 bits per heavy atom. The molecule has 4 heteroatoms. The third kappa shape index (κ3) is 3.69. The molecule has 0 amide bonds. The van der Waals surface area contributed by atoms with E-state index in [1.165, 1.54) is 0 Å². The van der Waals surface area contributed by atoms with Crippen LogP contribution in [0, 0.1) is 0 Å². The molecule has 0 N–H and O–H groups in total. The molecule has 0 radical (unpaired) electrons.